The van der Waals surface area contributed by atoms with Crippen LogP contribution in [0.4, 0.5) is 0 Å². The lowest BCUT2D eigenvalue weighted by atomic mass is 10.2. The van der Waals surface area contributed by atoms with Gasteiger partial charge in [0.2, 0.25) is 0 Å². The summed E-state index contributed by atoms with van der Waals surface area (Å²) in [5, 5.41) is 4.18. The molecule has 0 spiro atoms. The van der Waals surface area contributed by atoms with Crippen molar-refractivity contribution in [2.24, 2.45) is 18.7 Å². The van der Waals surface area contributed by atoms with Crippen LogP contribution < -0.4 is 5.73 Å². The summed E-state index contributed by atoms with van der Waals surface area (Å²) < 4.78 is 13.3. The molecule has 0 amide bonds. The standard InChI is InChI=1S/C9H17N3OS/c1-8(5-10)6-14(13)7-9-3-4-12(2)11-9/h3-4,8H,5-7,10H2,1-2H3. The zero-order chi connectivity index (χ0) is 10.6. The molecule has 14 heavy (non-hydrogen) atoms. The van der Waals surface area contributed by atoms with E-state index in [0.29, 0.717) is 24.0 Å². The SMILES string of the molecule is CC(CN)CS(=O)Cc1ccn(C)n1. The Kier molecular flexibility index (Phi) is 4.28. The Morgan fingerprint density at radius 1 is 1.71 bits per heavy atom. The Morgan fingerprint density at radius 3 is 2.93 bits per heavy atom. The summed E-state index contributed by atoms with van der Waals surface area (Å²) in [5.74, 6) is 1.51. The van der Waals surface area contributed by atoms with Crippen LogP contribution in [-0.4, -0.2) is 26.3 Å². The van der Waals surface area contributed by atoms with E-state index in [1.54, 1.807) is 4.68 Å². The molecule has 80 valence electrons. The Balaban J connectivity index is 2.41. The average Bonchev–Trinajstić information content (AvgIpc) is 2.50. The third kappa shape index (κ3) is 3.59. The van der Waals surface area contributed by atoms with Gasteiger partial charge in [-0.15, -0.1) is 0 Å². The van der Waals surface area contributed by atoms with E-state index in [1.807, 2.05) is 26.2 Å². The Bertz CT molecular complexity index is 311. The number of aryl methyl sites for hydroxylation is 1. The molecule has 0 bridgehead atoms. The molecule has 0 aliphatic heterocycles. The molecule has 0 fully saturated rings. The van der Waals surface area contributed by atoms with Crippen LogP contribution >= 0.6 is 0 Å². The van der Waals surface area contributed by atoms with Crippen molar-refractivity contribution in [2.45, 2.75) is 12.7 Å². The highest BCUT2D eigenvalue weighted by Crippen LogP contribution is 2.03. The third-order valence-corrected chi connectivity index (χ3v) is 3.51. The monoisotopic (exact) mass is 215 g/mol. The molecule has 0 saturated carbocycles. The molecule has 1 aromatic rings. The molecule has 1 rings (SSSR count). The summed E-state index contributed by atoms with van der Waals surface area (Å²) in [4.78, 5) is 0. The molecule has 5 heteroatoms. The summed E-state index contributed by atoms with van der Waals surface area (Å²) in [6, 6.07) is 1.89. The summed E-state index contributed by atoms with van der Waals surface area (Å²) in [5.41, 5.74) is 6.35. The van der Waals surface area contributed by atoms with Crippen LogP contribution in [0.2, 0.25) is 0 Å². The predicted octanol–water partition coefficient (Wildman–Crippen LogP) is 0.264. The van der Waals surface area contributed by atoms with E-state index in [2.05, 4.69) is 5.10 Å². The van der Waals surface area contributed by atoms with Crippen molar-refractivity contribution in [1.82, 2.24) is 9.78 Å². The van der Waals surface area contributed by atoms with E-state index < -0.39 is 10.8 Å². The molecule has 0 aliphatic carbocycles. The highest BCUT2D eigenvalue weighted by atomic mass is 32.2. The van der Waals surface area contributed by atoms with E-state index in [9.17, 15) is 4.21 Å². The van der Waals surface area contributed by atoms with Crippen molar-refractivity contribution in [2.75, 3.05) is 12.3 Å². The lowest BCUT2D eigenvalue weighted by Crippen LogP contribution is -2.18. The fourth-order valence-electron chi connectivity index (χ4n) is 1.15. The lowest BCUT2D eigenvalue weighted by molar-refractivity contribution is 0.639. The second-order valence-electron chi connectivity index (χ2n) is 3.57. The van der Waals surface area contributed by atoms with E-state index in [1.165, 1.54) is 0 Å². The number of hydrogen-bond acceptors (Lipinski definition) is 3. The van der Waals surface area contributed by atoms with Gasteiger partial charge in [-0.1, -0.05) is 6.92 Å². The van der Waals surface area contributed by atoms with Gasteiger partial charge in [-0.2, -0.15) is 5.10 Å². The minimum Gasteiger partial charge on any atom is -0.330 e. The summed E-state index contributed by atoms with van der Waals surface area (Å²) in [6.45, 7) is 2.60. The molecule has 2 atom stereocenters. The van der Waals surface area contributed by atoms with Crippen LogP contribution in [0.25, 0.3) is 0 Å². The molecule has 1 aromatic heterocycles. The van der Waals surface area contributed by atoms with Gasteiger partial charge in [0.15, 0.2) is 0 Å². The minimum atomic E-state index is -0.843. The van der Waals surface area contributed by atoms with Crippen LogP contribution in [0.1, 0.15) is 12.6 Å². The van der Waals surface area contributed by atoms with Crippen molar-refractivity contribution in [3.63, 3.8) is 0 Å². The normalized spacial score (nSPS) is 15.4. The van der Waals surface area contributed by atoms with E-state index in [0.717, 1.165) is 5.69 Å². The number of rotatable bonds is 5. The van der Waals surface area contributed by atoms with Crippen LogP contribution in [-0.2, 0) is 23.6 Å². The number of nitrogens with two attached hydrogens (primary N) is 1. The zero-order valence-electron chi connectivity index (χ0n) is 8.64. The van der Waals surface area contributed by atoms with Crippen molar-refractivity contribution in [3.8, 4) is 0 Å². The second kappa shape index (κ2) is 5.26. The molecule has 0 radical (unpaired) electrons. The van der Waals surface area contributed by atoms with Gasteiger partial charge in [0.1, 0.15) is 0 Å². The van der Waals surface area contributed by atoms with Crippen molar-refractivity contribution >= 4 is 10.8 Å². The lowest BCUT2D eigenvalue weighted by Gasteiger charge is -2.06. The quantitative estimate of drug-likeness (QED) is 0.766. The van der Waals surface area contributed by atoms with Crippen molar-refractivity contribution < 1.29 is 4.21 Å². The molecule has 0 saturated heterocycles. The number of nitrogens with zero attached hydrogens (tertiary/aromatic N) is 2. The first kappa shape index (κ1) is 11.4. The van der Waals surface area contributed by atoms with Gasteiger partial charge in [-0.3, -0.25) is 8.89 Å². The van der Waals surface area contributed by atoms with Crippen LogP contribution in [0.3, 0.4) is 0 Å². The fraction of sp³-hybridized carbons (Fsp3) is 0.667. The first-order chi connectivity index (χ1) is 6.61. The fourth-order valence-corrected chi connectivity index (χ4v) is 2.52. The maximum Gasteiger partial charge on any atom is 0.0749 e. The molecule has 4 nitrogen and oxygen atoms in total. The van der Waals surface area contributed by atoms with E-state index in [-0.39, 0.29) is 0 Å². The zero-order valence-corrected chi connectivity index (χ0v) is 9.46. The first-order valence-corrected chi connectivity index (χ1v) is 6.14. The number of hydrogen-bond donors (Lipinski definition) is 1. The molecular formula is C9H17N3OS. The summed E-state index contributed by atoms with van der Waals surface area (Å²) in [7, 11) is 1.01. The topological polar surface area (TPSA) is 60.9 Å². The average molecular weight is 215 g/mol. The van der Waals surface area contributed by atoms with Crippen LogP contribution in [0.5, 0.6) is 0 Å². The molecule has 2 N–H and O–H groups in total. The van der Waals surface area contributed by atoms with E-state index in [4.69, 9.17) is 5.73 Å². The van der Waals surface area contributed by atoms with Gasteiger partial charge in [0, 0.05) is 29.8 Å². The highest BCUT2D eigenvalue weighted by Gasteiger charge is 2.08. The Morgan fingerprint density at radius 2 is 2.43 bits per heavy atom. The van der Waals surface area contributed by atoms with Gasteiger partial charge in [0.25, 0.3) is 0 Å². The molecule has 0 aliphatic rings. The largest absolute Gasteiger partial charge is 0.330 e. The smallest absolute Gasteiger partial charge is 0.0749 e. The van der Waals surface area contributed by atoms with Gasteiger partial charge in [0.05, 0.1) is 11.4 Å². The molecule has 0 aromatic carbocycles. The van der Waals surface area contributed by atoms with Gasteiger partial charge >= 0.3 is 0 Å². The van der Waals surface area contributed by atoms with E-state index >= 15 is 0 Å². The Labute approximate surface area is 86.9 Å². The van der Waals surface area contributed by atoms with Crippen LogP contribution in [0.15, 0.2) is 12.3 Å². The van der Waals surface area contributed by atoms with Crippen LogP contribution in [0, 0.1) is 5.92 Å². The van der Waals surface area contributed by atoms with Gasteiger partial charge < -0.3 is 5.73 Å². The molecule has 1 heterocycles. The van der Waals surface area contributed by atoms with Gasteiger partial charge in [-0.05, 0) is 18.5 Å². The third-order valence-electron chi connectivity index (χ3n) is 1.95. The Hall–Kier alpha value is -0.680. The second-order valence-corrected chi connectivity index (χ2v) is 5.07. The van der Waals surface area contributed by atoms with Gasteiger partial charge in [-0.25, -0.2) is 0 Å². The molecule has 2 unspecified atom stereocenters. The minimum absolute atomic E-state index is 0.319. The summed E-state index contributed by atoms with van der Waals surface area (Å²) in [6.07, 6.45) is 1.86. The number of aromatic nitrogens is 2. The molecular weight excluding hydrogens is 198 g/mol. The summed E-state index contributed by atoms with van der Waals surface area (Å²) >= 11 is 0. The highest BCUT2D eigenvalue weighted by molar-refractivity contribution is 7.84. The maximum absolute atomic E-state index is 11.6. The van der Waals surface area contributed by atoms with Crippen molar-refractivity contribution in [1.29, 1.82) is 0 Å². The predicted molar refractivity (Wildman–Crippen MR) is 58.1 cm³/mol. The first-order valence-electron chi connectivity index (χ1n) is 4.65. The maximum atomic E-state index is 11.6. The van der Waals surface area contributed by atoms with Crippen molar-refractivity contribution in [3.05, 3.63) is 18.0 Å².